The van der Waals surface area contributed by atoms with Gasteiger partial charge in [-0.1, -0.05) is 11.6 Å². The lowest BCUT2D eigenvalue weighted by Crippen LogP contribution is -2.38. The van der Waals surface area contributed by atoms with Crippen molar-refractivity contribution >= 4 is 23.2 Å². The molecule has 3 aromatic rings. The van der Waals surface area contributed by atoms with Gasteiger partial charge in [0.1, 0.15) is 28.2 Å². The van der Waals surface area contributed by atoms with Gasteiger partial charge in [0.15, 0.2) is 6.10 Å². The largest absolute Gasteiger partial charge is 0.481 e. The molecule has 0 spiro atoms. The molecule has 1 heterocycles. The molecule has 0 bridgehead atoms. The number of alkyl halides is 3. The van der Waals surface area contributed by atoms with Gasteiger partial charge < -0.3 is 14.4 Å². The predicted octanol–water partition coefficient (Wildman–Crippen LogP) is 6.25. The van der Waals surface area contributed by atoms with E-state index in [1.807, 2.05) is 0 Å². The van der Waals surface area contributed by atoms with Crippen LogP contribution in [0.15, 0.2) is 54.7 Å². The van der Waals surface area contributed by atoms with Crippen molar-refractivity contribution < 1.29 is 36.2 Å². The van der Waals surface area contributed by atoms with E-state index in [4.69, 9.17) is 21.1 Å². The van der Waals surface area contributed by atoms with Gasteiger partial charge in [0.2, 0.25) is 5.88 Å². The fourth-order valence-electron chi connectivity index (χ4n) is 2.74. The van der Waals surface area contributed by atoms with E-state index >= 15 is 0 Å². The highest BCUT2D eigenvalue weighted by atomic mass is 35.5. The number of likely N-dealkylation sites (N-methyl/N-ethyl adjacent to an activating group) is 1. The highest BCUT2D eigenvalue weighted by molar-refractivity contribution is 6.31. The van der Waals surface area contributed by atoms with Gasteiger partial charge in [-0.3, -0.25) is 4.79 Å². The summed E-state index contributed by atoms with van der Waals surface area (Å²) >= 11 is 5.82. The van der Waals surface area contributed by atoms with Crippen molar-refractivity contribution in [3.63, 3.8) is 0 Å². The van der Waals surface area contributed by atoms with E-state index in [1.54, 1.807) is 0 Å². The molecule has 174 valence electrons. The molecule has 33 heavy (non-hydrogen) atoms. The van der Waals surface area contributed by atoms with Crippen molar-refractivity contribution in [1.82, 2.24) is 4.98 Å². The summed E-state index contributed by atoms with van der Waals surface area (Å²) in [7, 11) is 1.29. The number of ether oxygens (including phenoxy) is 2. The lowest BCUT2D eigenvalue weighted by atomic mass is 10.2. The number of nitrogens with zero attached hydrogens (tertiary/aromatic N) is 2. The number of amides is 1. The Morgan fingerprint density at radius 1 is 1.06 bits per heavy atom. The third-order valence-corrected chi connectivity index (χ3v) is 4.70. The third kappa shape index (κ3) is 5.89. The van der Waals surface area contributed by atoms with Crippen LogP contribution in [-0.4, -0.2) is 24.0 Å². The summed E-state index contributed by atoms with van der Waals surface area (Å²) in [5.41, 5.74) is -1.24. The van der Waals surface area contributed by atoms with Crippen molar-refractivity contribution in [2.75, 3.05) is 11.9 Å². The standard InChI is InChI=1S/C22H16ClF5N2O3/c1-12(21(31)30(2)19-10-14(24)3-8-18(19)25)32-15-4-6-16(7-5-15)33-20-17(23)9-13(11-29-20)22(26,27)28/h3-12H,1-2H3/t12-/m1/s1. The summed E-state index contributed by atoms with van der Waals surface area (Å²) in [6, 6.07) is 9.19. The Labute approximate surface area is 190 Å². The Morgan fingerprint density at radius 3 is 2.30 bits per heavy atom. The molecule has 0 fully saturated rings. The lowest BCUT2D eigenvalue weighted by molar-refractivity contribution is -0.137. The molecule has 0 saturated heterocycles. The highest BCUT2D eigenvalue weighted by Crippen LogP contribution is 2.35. The topological polar surface area (TPSA) is 51.7 Å². The number of halogens is 6. The molecule has 1 aromatic heterocycles. The SMILES string of the molecule is C[C@@H](Oc1ccc(Oc2ncc(C(F)(F)F)cc2Cl)cc1)C(=O)N(C)c1cc(F)ccc1F. The van der Waals surface area contributed by atoms with Crippen LogP contribution in [0.5, 0.6) is 17.4 Å². The summed E-state index contributed by atoms with van der Waals surface area (Å²) < 4.78 is 76.3. The maximum Gasteiger partial charge on any atom is 0.417 e. The molecule has 0 unspecified atom stereocenters. The summed E-state index contributed by atoms with van der Waals surface area (Å²) in [6.45, 7) is 1.44. The maximum absolute atomic E-state index is 13.9. The van der Waals surface area contributed by atoms with Gasteiger partial charge in [-0.25, -0.2) is 13.8 Å². The van der Waals surface area contributed by atoms with Crippen LogP contribution in [0.2, 0.25) is 5.02 Å². The zero-order chi connectivity index (χ0) is 24.3. The Hall–Kier alpha value is -3.40. The monoisotopic (exact) mass is 486 g/mol. The number of hydrogen-bond acceptors (Lipinski definition) is 4. The van der Waals surface area contributed by atoms with Crippen molar-refractivity contribution in [3.05, 3.63) is 76.9 Å². The first-order chi connectivity index (χ1) is 15.5. The first kappa shape index (κ1) is 24.2. The van der Waals surface area contributed by atoms with Crippen LogP contribution < -0.4 is 14.4 Å². The van der Waals surface area contributed by atoms with Crippen molar-refractivity contribution in [2.45, 2.75) is 19.2 Å². The van der Waals surface area contributed by atoms with Gasteiger partial charge in [0.25, 0.3) is 5.91 Å². The van der Waals surface area contributed by atoms with Crippen LogP contribution in [0.3, 0.4) is 0 Å². The van der Waals surface area contributed by atoms with Gasteiger partial charge in [-0.15, -0.1) is 0 Å². The summed E-state index contributed by atoms with van der Waals surface area (Å²) in [6.07, 6.45) is -5.03. The fourth-order valence-corrected chi connectivity index (χ4v) is 2.95. The molecule has 0 aliphatic rings. The van der Waals surface area contributed by atoms with Crippen LogP contribution in [0, 0.1) is 11.6 Å². The molecule has 0 saturated carbocycles. The number of aromatic nitrogens is 1. The minimum absolute atomic E-state index is 0.203. The van der Waals surface area contributed by atoms with E-state index in [0.717, 1.165) is 23.1 Å². The lowest BCUT2D eigenvalue weighted by Gasteiger charge is -2.22. The first-order valence-corrected chi connectivity index (χ1v) is 9.73. The molecule has 5 nitrogen and oxygen atoms in total. The smallest absolute Gasteiger partial charge is 0.417 e. The fraction of sp³-hybridized carbons (Fsp3) is 0.182. The second-order valence-corrected chi connectivity index (χ2v) is 7.24. The third-order valence-electron chi connectivity index (χ3n) is 4.43. The molecule has 0 aliphatic carbocycles. The molecule has 2 aromatic carbocycles. The predicted molar refractivity (Wildman–Crippen MR) is 111 cm³/mol. The molecular formula is C22H16ClF5N2O3. The quantitative estimate of drug-likeness (QED) is 0.386. The molecule has 0 N–H and O–H groups in total. The van der Waals surface area contributed by atoms with Crippen molar-refractivity contribution in [1.29, 1.82) is 0 Å². The number of carbonyl (C=O) groups excluding carboxylic acids is 1. The Morgan fingerprint density at radius 2 is 1.70 bits per heavy atom. The molecule has 1 amide bonds. The average molecular weight is 487 g/mol. The summed E-state index contributed by atoms with van der Waals surface area (Å²) in [5.74, 6) is -1.85. The van der Waals surface area contributed by atoms with Gasteiger partial charge in [-0.2, -0.15) is 13.2 Å². The molecule has 1 atom stereocenters. The summed E-state index contributed by atoms with van der Waals surface area (Å²) in [4.78, 5) is 17.1. The molecule has 0 aliphatic heterocycles. The maximum atomic E-state index is 13.9. The number of benzene rings is 2. The second-order valence-electron chi connectivity index (χ2n) is 6.84. The zero-order valence-electron chi connectivity index (χ0n) is 17.2. The molecule has 0 radical (unpaired) electrons. The normalized spacial score (nSPS) is 12.2. The van der Waals surface area contributed by atoms with Crippen LogP contribution in [0.25, 0.3) is 0 Å². The first-order valence-electron chi connectivity index (χ1n) is 9.35. The van der Waals surface area contributed by atoms with Crippen molar-refractivity contribution in [3.8, 4) is 17.4 Å². The van der Waals surface area contributed by atoms with E-state index < -0.39 is 35.4 Å². The van der Waals surface area contributed by atoms with Crippen LogP contribution in [0.1, 0.15) is 12.5 Å². The van der Waals surface area contributed by atoms with Gasteiger partial charge >= 0.3 is 6.18 Å². The second kappa shape index (κ2) is 9.62. The minimum Gasteiger partial charge on any atom is -0.481 e. The number of rotatable bonds is 6. The van der Waals surface area contributed by atoms with Crippen LogP contribution >= 0.6 is 11.6 Å². The van der Waals surface area contributed by atoms with E-state index in [0.29, 0.717) is 12.3 Å². The Bertz CT molecular complexity index is 1160. The number of pyridine rings is 1. The van der Waals surface area contributed by atoms with E-state index in [1.165, 1.54) is 38.2 Å². The molecule has 11 heteroatoms. The van der Waals surface area contributed by atoms with Gasteiger partial charge in [0.05, 0.1) is 11.3 Å². The van der Waals surface area contributed by atoms with Crippen LogP contribution in [-0.2, 0) is 11.0 Å². The number of anilines is 1. The van der Waals surface area contributed by atoms with Crippen molar-refractivity contribution in [2.24, 2.45) is 0 Å². The van der Waals surface area contributed by atoms with E-state index in [-0.39, 0.29) is 28.1 Å². The zero-order valence-corrected chi connectivity index (χ0v) is 17.9. The molecular weight excluding hydrogens is 471 g/mol. The van der Waals surface area contributed by atoms with E-state index in [2.05, 4.69) is 4.98 Å². The molecule has 3 rings (SSSR count). The van der Waals surface area contributed by atoms with Gasteiger partial charge in [-0.05, 0) is 49.4 Å². The minimum atomic E-state index is -4.59. The van der Waals surface area contributed by atoms with Crippen LogP contribution in [0.4, 0.5) is 27.6 Å². The van der Waals surface area contributed by atoms with Gasteiger partial charge in [0, 0.05) is 19.3 Å². The number of hydrogen-bond donors (Lipinski definition) is 0. The Kier molecular flexibility index (Phi) is 7.06. The number of carbonyl (C=O) groups is 1. The highest BCUT2D eigenvalue weighted by Gasteiger charge is 2.32. The van der Waals surface area contributed by atoms with E-state index in [9.17, 15) is 26.7 Å². The Balaban J connectivity index is 1.65. The summed E-state index contributed by atoms with van der Waals surface area (Å²) in [5, 5.41) is -0.322. The average Bonchev–Trinajstić information content (AvgIpc) is 2.76.